The molecule has 0 bridgehead atoms. The van der Waals surface area contributed by atoms with Crippen LogP contribution in [-0.4, -0.2) is 68.6 Å². The molecule has 4 N–H and O–H groups in total. The van der Waals surface area contributed by atoms with Crippen LogP contribution >= 0.6 is 0 Å². The molecule has 113 valence electrons. The van der Waals surface area contributed by atoms with Gasteiger partial charge in [-0.1, -0.05) is 0 Å². The molecule has 18 heavy (non-hydrogen) atoms. The van der Waals surface area contributed by atoms with Crippen molar-refractivity contribution in [2.75, 3.05) is 18.8 Å². The van der Waals surface area contributed by atoms with Gasteiger partial charge in [0.15, 0.2) is 0 Å². The average molecular weight is 461 g/mol. The molecule has 0 fully saturated rings. The first kappa shape index (κ1) is 36.4. The molecule has 0 unspecified atom stereocenters. The van der Waals surface area contributed by atoms with Crippen molar-refractivity contribution in [2.45, 2.75) is 0 Å². The van der Waals surface area contributed by atoms with Crippen LogP contribution in [0.2, 0.25) is 0 Å². The fourth-order valence-electron chi connectivity index (χ4n) is 0. The summed E-state index contributed by atoms with van der Waals surface area (Å²) >= 11 is 0. The molecule has 0 aliphatic heterocycles. The molecule has 0 aromatic heterocycles. The fraction of sp³-hybridized carbons (Fsp3) is 1.00. The van der Waals surface area contributed by atoms with Crippen molar-refractivity contribution in [3.05, 3.63) is 0 Å². The third kappa shape index (κ3) is 4150. The normalized spacial score (nSPS) is 9.67. The van der Waals surface area contributed by atoms with Gasteiger partial charge >= 0.3 is 41.7 Å². The summed E-state index contributed by atoms with van der Waals surface area (Å²) in [6, 6.07) is 0. The van der Waals surface area contributed by atoms with Crippen molar-refractivity contribution in [2.24, 2.45) is 0 Å². The van der Waals surface area contributed by atoms with Crippen LogP contribution in [0, 0.1) is 41.7 Å². The Morgan fingerprint density at radius 3 is 0.556 bits per heavy atom. The van der Waals surface area contributed by atoms with Crippen molar-refractivity contribution >= 4 is 30.4 Å². The average Bonchev–Trinajstić information content (AvgIpc) is 1.41. The molecular weight excluding hydrogens is 448 g/mol. The van der Waals surface area contributed by atoms with Gasteiger partial charge in [-0.25, -0.2) is 25.3 Å². The fourth-order valence-corrected chi connectivity index (χ4v) is 0. The quantitative estimate of drug-likeness (QED) is 0.318. The Kier molecular flexibility index (Phi) is 29.2. The van der Waals surface area contributed by atoms with Crippen LogP contribution in [0.25, 0.3) is 0 Å². The molecule has 0 atom stereocenters. The summed E-state index contributed by atoms with van der Waals surface area (Å²) in [7, 11) is -11.8. The Hall–Kier alpha value is 1.03. The Bertz CT molecular complexity index is 348. The second-order valence-corrected chi connectivity index (χ2v) is 6.34. The van der Waals surface area contributed by atoms with Gasteiger partial charge in [-0.3, -0.25) is 0 Å². The smallest absolute Gasteiger partial charge is 0.748 e. The van der Waals surface area contributed by atoms with E-state index in [9.17, 15) is 0 Å². The van der Waals surface area contributed by atoms with E-state index in [0.717, 1.165) is 0 Å². The molecule has 0 aliphatic carbocycles. The third-order valence-corrected chi connectivity index (χ3v) is 0. The maximum atomic E-state index is 9.08. The molecule has 0 amide bonds. The summed E-state index contributed by atoms with van der Waals surface area (Å²) < 4.78 is 81.7. The Morgan fingerprint density at radius 1 is 0.556 bits per heavy atom. The number of hydrogen-bond donors (Lipinski definition) is 0. The summed E-state index contributed by atoms with van der Waals surface area (Å²) in [5, 5.41) is 0. The maximum absolute atomic E-state index is 9.08. The third-order valence-electron chi connectivity index (χ3n) is 0. The molecule has 0 rings (SSSR count). The molecule has 0 heterocycles. The van der Waals surface area contributed by atoms with Gasteiger partial charge in [-0.2, -0.15) is 0 Å². The first-order chi connectivity index (χ1) is 6.00. The van der Waals surface area contributed by atoms with Crippen molar-refractivity contribution in [1.82, 2.24) is 0 Å². The number of rotatable bonds is 0. The minimum absolute atomic E-state index is 0. The van der Waals surface area contributed by atoms with Crippen LogP contribution in [0.15, 0.2) is 0 Å². The first-order valence-electron chi connectivity index (χ1n) is 2.72. The maximum Gasteiger partial charge on any atom is 3.00 e. The van der Waals surface area contributed by atoms with E-state index in [-0.39, 0.29) is 52.7 Å². The van der Waals surface area contributed by atoms with Gasteiger partial charge in [-0.15, -0.1) is 0 Å². The zero-order valence-corrected chi connectivity index (χ0v) is 15.0. The van der Waals surface area contributed by atoms with Crippen molar-refractivity contribution < 1.29 is 91.6 Å². The summed E-state index contributed by atoms with van der Waals surface area (Å²) in [4.78, 5) is 0. The molecule has 15 heteroatoms. The minimum Gasteiger partial charge on any atom is -0.748 e. The second kappa shape index (κ2) is 14.4. The minimum atomic E-state index is -3.92. The van der Waals surface area contributed by atoms with E-state index in [0.29, 0.717) is 18.8 Å². The Balaban J connectivity index is -0.0000000277. The van der Waals surface area contributed by atoms with E-state index in [2.05, 4.69) is 0 Å². The van der Waals surface area contributed by atoms with Gasteiger partial charge in [-0.05, 0) is 0 Å². The van der Waals surface area contributed by atoms with Gasteiger partial charge < -0.3 is 24.6 Å². The van der Waals surface area contributed by atoms with Crippen molar-refractivity contribution in [1.29, 1.82) is 0 Å². The van der Waals surface area contributed by atoms with Gasteiger partial charge in [0, 0.05) is 18.8 Å². The standard InChI is InChI=1S/3CH4O3S.Ce.2H2O/c3*1-5(2,3)4;;;/h3*1H3,(H,2,3,4);;2*1H2/q;;;+3;;/p-3. The largest absolute Gasteiger partial charge is 3.00 e. The Morgan fingerprint density at radius 2 is 0.556 bits per heavy atom. The summed E-state index contributed by atoms with van der Waals surface area (Å²) in [6.07, 6.45) is 1.81. The van der Waals surface area contributed by atoms with Crippen LogP contribution < -0.4 is 0 Å². The van der Waals surface area contributed by atoms with E-state index in [1.54, 1.807) is 0 Å². The predicted molar refractivity (Wildman–Crippen MR) is 54.1 cm³/mol. The van der Waals surface area contributed by atoms with Crippen molar-refractivity contribution in [3.8, 4) is 0 Å². The molecule has 0 saturated carbocycles. The van der Waals surface area contributed by atoms with Crippen LogP contribution in [0.5, 0.6) is 0 Å². The van der Waals surface area contributed by atoms with Crippen LogP contribution in [-0.2, 0) is 30.4 Å². The molecule has 0 spiro atoms. The summed E-state index contributed by atoms with van der Waals surface area (Å²) in [5.74, 6) is 0. The monoisotopic (exact) mass is 461 g/mol. The van der Waals surface area contributed by atoms with Gasteiger partial charge in [0.05, 0.1) is 30.4 Å². The second-order valence-electron chi connectivity index (χ2n) is 2.11. The van der Waals surface area contributed by atoms with Crippen LogP contribution in [0.1, 0.15) is 0 Å². The zero-order chi connectivity index (χ0) is 13.5. The van der Waals surface area contributed by atoms with Gasteiger partial charge in [0.2, 0.25) is 0 Å². The molecule has 0 aliphatic rings. The van der Waals surface area contributed by atoms with Crippen molar-refractivity contribution in [3.63, 3.8) is 0 Å². The van der Waals surface area contributed by atoms with E-state index in [4.69, 9.17) is 38.9 Å². The predicted octanol–water partition coefficient (Wildman–Crippen LogP) is -4.17. The van der Waals surface area contributed by atoms with Gasteiger partial charge in [0.25, 0.3) is 0 Å². The van der Waals surface area contributed by atoms with Crippen LogP contribution in [0.4, 0.5) is 0 Å². The van der Waals surface area contributed by atoms with E-state index < -0.39 is 30.4 Å². The SMILES string of the molecule is CS(=O)(=O)[O-].CS(=O)(=O)[O-].CS(=O)(=O)[O-].O.O.[Ce+3]. The molecule has 0 saturated heterocycles. The van der Waals surface area contributed by atoms with E-state index in [1.807, 2.05) is 0 Å². The molecule has 1 radical (unpaired) electrons. The zero-order valence-electron chi connectivity index (χ0n) is 9.40. The topological polar surface area (TPSA) is 235 Å². The molecular formula is C3H13CeO11S3. The van der Waals surface area contributed by atoms with E-state index >= 15 is 0 Å². The molecule has 11 nitrogen and oxygen atoms in total. The molecule has 0 aromatic carbocycles. The van der Waals surface area contributed by atoms with E-state index in [1.165, 1.54) is 0 Å². The van der Waals surface area contributed by atoms with Gasteiger partial charge in [0.1, 0.15) is 0 Å². The summed E-state index contributed by atoms with van der Waals surface area (Å²) in [5.41, 5.74) is 0. The first-order valence-corrected chi connectivity index (χ1v) is 8.17. The molecule has 0 aromatic rings. The summed E-state index contributed by atoms with van der Waals surface area (Å²) in [6.45, 7) is 0. The van der Waals surface area contributed by atoms with Crippen LogP contribution in [0.3, 0.4) is 0 Å². The Labute approximate surface area is 139 Å². The number of hydrogen-bond acceptors (Lipinski definition) is 9.